The molecule has 0 amide bonds. The number of benzene rings is 1. The Morgan fingerprint density at radius 1 is 1.24 bits per heavy atom. The first-order valence-electron chi connectivity index (χ1n) is 7.80. The second-order valence-corrected chi connectivity index (χ2v) is 8.23. The minimum Gasteiger partial charge on any atom is -0.326 e. The van der Waals surface area contributed by atoms with Gasteiger partial charge in [-0.25, -0.2) is 13.1 Å². The van der Waals surface area contributed by atoms with Crippen molar-refractivity contribution in [2.75, 3.05) is 6.54 Å². The van der Waals surface area contributed by atoms with Crippen LogP contribution in [0.4, 0.5) is 0 Å². The van der Waals surface area contributed by atoms with Crippen molar-refractivity contribution in [1.29, 1.82) is 0 Å². The monoisotopic (exact) mass is 308 g/mol. The fourth-order valence-electron chi connectivity index (χ4n) is 3.11. The van der Waals surface area contributed by atoms with Gasteiger partial charge in [0.2, 0.25) is 10.0 Å². The van der Waals surface area contributed by atoms with E-state index < -0.39 is 10.0 Å². The van der Waals surface area contributed by atoms with Crippen molar-refractivity contribution in [3.8, 4) is 0 Å². The smallest absolute Gasteiger partial charge is 0.240 e. The van der Waals surface area contributed by atoms with Gasteiger partial charge in [-0.3, -0.25) is 0 Å². The fraction of sp³-hybridized carbons (Fsp3) is 0.625. The molecular formula is C16H24N2O2S. The van der Waals surface area contributed by atoms with E-state index in [-0.39, 0.29) is 0 Å². The molecule has 3 rings (SSSR count). The first-order valence-corrected chi connectivity index (χ1v) is 9.29. The van der Waals surface area contributed by atoms with Crippen molar-refractivity contribution in [2.24, 2.45) is 23.5 Å². The highest BCUT2D eigenvalue weighted by molar-refractivity contribution is 7.89. The summed E-state index contributed by atoms with van der Waals surface area (Å²) >= 11 is 0. The predicted octanol–water partition coefficient (Wildman–Crippen LogP) is 2.17. The van der Waals surface area contributed by atoms with E-state index in [2.05, 4.69) is 4.72 Å². The minimum absolute atomic E-state index is 0.357. The van der Waals surface area contributed by atoms with E-state index >= 15 is 0 Å². The maximum atomic E-state index is 12.6. The van der Waals surface area contributed by atoms with Crippen LogP contribution < -0.4 is 10.5 Å². The van der Waals surface area contributed by atoms with Crippen molar-refractivity contribution >= 4 is 10.0 Å². The normalized spacial score (nSPS) is 19.2. The van der Waals surface area contributed by atoms with Gasteiger partial charge in [-0.05, 0) is 67.6 Å². The van der Waals surface area contributed by atoms with Crippen molar-refractivity contribution in [1.82, 2.24) is 4.72 Å². The van der Waals surface area contributed by atoms with E-state index in [4.69, 9.17) is 5.73 Å². The molecule has 2 aliphatic carbocycles. The summed E-state index contributed by atoms with van der Waals surface area (Å²) in [5, 5.41) is 0. The summed E-state index contributed by atoms with van der Waals surface area (Å²) in [7, 11) is -3.44. The van der Waals surface area contributed by atoms with Gasteiger partial charge in [-0.15, -0.1) is 0 Å². The zero-order valence-corrected chi connectivity index (χ0v) is 13.3. The van der Waals surface area contributed by atoms with Gasteiger partial charge in [0.05, 0.1) is 4.90 Å². The molecule has 4 nitrogen and oxygen atoms in total. The molecule has 5 heteroatoms. The number of aryl methyl sites for hydroxylation is 1. The second kappa shape index (κ2) is 5.71. The lowest BCUT2D eigenvalue weighted by atomic mass is 9.99. The van der Waals surface area contributed by atoms with E-state index in [0.717, 1.165) is 23.0 Å². The van der Waals surface area contributed by atoms with Gasteiger partial charge >= 0.3 is 0 Å². The van der Waals surface area contributed by atoms with Crippen LogP contribution >= 0.6 is 0 Å². The van der Waals surface area contributed by atoms with Crippen molar-refractivity contribution < 1.29 is 8.42 Å². The molecule has 0 bridgehead atoms. The Bertz CT molecular complexity index is 607. The second-order valence-electron chi connectivity index (χ2n) is 6.49. The van der Waals surface area contributed by atoms with E-state index in [1.165, 1.54) is 25.7 Å². The van der Waals surface area contributed by atoms with Gasteiger partial charge in [-0.1, -0.05) is 12.1 Å². The Balaban J connectivity index is 1.73. The van der Waals surface area contributed by atoms with E-state index in [1.54, 1.807) is 6.07 Å². The zero-order chi connectivity index (χ0) is 15.0. The summed E-state index contributed by atoms with van der Waals surface area (Å²) < 4.78 is 28.0. The van der Waals surface area contributed by atoms with Crippen LogP contribution in [0.15, 0.2) is 23.1 Å². The number of sulfonamides is 1. The van der Waals surface area contributed by atoms with Crippen LogP contribution in [0.3, 0.4) is 0 Å². The Kier molecular flexibility index (Phi) is 4.08. The lowest BCUT2D eigenvalue weighted by Crippen LogP contribution is -2.31. The first-order chi connectivity index (χ1) is 10.0. The molecule has 2 fully saturated rings. The molecule has 2 saturated carbocycles. The Morgan fingerprint density at radius 3 is 2.38 bits per heavy atom. The SMILES string of the molecule is Cc1ccc(CN)cc1S(=O)(=O)NCC(C1CC1)C1CC1. The van der Waals surface area contributed by atoms with Gasteiger partial charge in [0, 0.05) is 13.1 Å². The molecule has 0 aliphatic heterocycles. The summed E-state index contributed by atoms with van der Waals surface area (Å²) in [6.07, 6.45) is 5.07. The van der Waals surface area contributed by atoms with Crippen LogP contribution in [-0.2, 0) is 16.6 Å². The lowest BCUT2D eigenvalue weighted by Gasteiger charge is -2.17. The maximum Gasteiger partial charge on any atom is 0.240 e. The largest absolute Gasteiger partial charge is 0.326 e. The fourth-order valence-corrected chi connectivity index (χ4v) is 4.48. The number of nitrogens with one attached hydrogen (secondary N) is 1. The minimum atomic E-state index is -3.44. The number of hydrogen-bond donors (Lipinski definition) is 2. The highest BCUT2D eigenvalue weighted by atomic mass is 32.2. The van der Waals surface area contributed by atoms with Gasteiger partial charge in [0.1, 0.15) is 0 Å². The molecular weight excluding hydrogens is 284 g/mol. The molecule has 0 radical (unpaired) electrons. The van der Waals surface area contributed by atoms with Crippen LogP contribution in [0.5, 0.6) is 0 Å². The van der Waals surface area contributed by atoms with Crippen molar-refractivity contribution in [3.05, 3.63) is 29.3 Å². The molecule has 116 valence electrons. The summed E-state index contributed by atoms with van der Waals surface area (Å²) in [5.41, 5.74) is 7.24. The summed E-state index contributed by atoms with van der Waals surface area (Å²) in [4.78, 5) is 0.371. The Morgan fingerprint density at radius 2 is 1.86 bits per heavy atom. The van der Waals surface area contributed by atoms with Crippen LogP contribution in [-0.4, -0.2) is 15.0 Å². The summed E-state index contributed by atoms with van der Waals surface area (Å²) in [6, 6.07) is 5.41. The van der Waals surface area contributed by atoms with Crippen LogP contribution in [0.25, 0.3) is 0 Å². The predicted molar refractivity (Wildman–Crippen MR) is 83.2 cm³/mol. The quantitative estimate of drug-likeness (QED) is 0.811. The highest BCUT2D eigenvalue weighted by Crippen LogP contribution is 2.48. The third-order valence-electron chi connectivity index (χ3n) is 4.74. The Hall–Kier alpha value is -0.910. The molecule has 0 unspecified atom stereocenters. The number of hydrogen-bond acceptors (Lipinski definition) is 3. The van der Waals surface area contributed by atoms with Crippen LogP contribution in [0.1, 0.15) is 36.8 Å². The average Bonchev–Trinajstić information content (AvgIpc) is 3.33. The molecule has 0 heterocycles. The maximum absolute atomic E-state index is 12.6. The molecule has 1 aromatic rings. The van der Waals surface area contributed by atoms with E-state index in [9.17, 15) is 8.42 Å². The van der Waals surface area contributed by atoms with Crippen LogP contribution in [0.2, 0.25) is 0 Å². The lowest BCUT2D eigenvalue weighted by molar-refractivity contribution is 0.401. The summed E-state index contributed by atoms with van der Waals surface area (Å²) in [6.45, 7) is 2.77. The third kappa shape index (κ3) is 3.47. The van der Waals surface area contributed by atoms with Gasteiger partial charge in [0.25, 0.3) is 0 Å². The van der Waals surface area contributed by atoms with Crippen molar-refractivity contribution in [2.45, 2.75) is 44.0 Å². The van der Waals surface area contributed by atoms with Gasteiger partial charge < -0.3 is 5.73 Å². The number of rotatable bonds is 7. The molecule has 0 spiro atoms. The van der Waals surface area contributed by atoms with Crippen LogP contribution in [0, 0.1) is 24.7 Å². The van der Waals surface area contributed by atoms with Crippen molar-refractivity contribution in [3.63, 3.8) is 0 Å². The molecule has 0 saturated heterocycles. The standard InChI is InChI=1S/C16H24N2O2S/c1-11-2-3-12(9-17)8-16(11)21(19,20)18-10-15(13-4-5-13)14-6-7-14/h2-3,8,13-15,18H,4-7,9-10,17H2,1H3. The van der Waals surface area contributed by atoms with E-state index in [1.807, 2.05) is 19.1 Å². The zero-order valence-electron chi connectivity index (χ0n) is 12.5. The number of nitrogens with two attached hydrogens (primary N) is 1. The molecule has 21 heavy (non-hydrogen) atoms. The molecule has 0 aromatic heterocycles. The topological polar surface area (TPSA) is 72.2 Å². The third-order valence-corrected chi connectivity index (χ3v) is 6.31. The average molecular weight is 308 g/mol. The molecule has 2 aliphatic rings. The highest BCUT2D eigenvalue weighted by Gasteiger charge is 2.41. The molecule has 0 atom stereocenters. The van der Waals surface area contributed by atoms with Gasteiger partial charge in [0.15, 0.2) is 0 Å². The Labute approximate surface area is 127 Å². The summed E-state index contributed by atoms with van der Waals surface area (Å²) in [5.74, 6) is 2.03. The van der Waals surface area contributed by atoms with Gasteiger partial charge in [-0.2, -0.15) is 0 Å². The molecule has 3 N–H and O–H groups in total. The molecule has 1 aromatic carbocycles. The first kappa shape index (κ1) is 15.0. The van der Waals surface area contributed by atoms with E-state index in [0.29, 0.717) is 23.9 Å².